The van der Waals surface area contributed by atoms with E-state index in [0.717, 1.165) is 24.6 Å². The lowest BCUT2D eigenvalue weighted by Gasteiger charge is -2.09. The predicted molar refractivity (Wildman–Crippen MR) is 88.6 cm³/mol. The quantitative estimate of drug-likeness (QED) is 0.676. The van der Waals surface area contributed by atoms with Crippen LogP contribution in [-0.4, -0.2) is 26.2 Å². The Morgan fingerprint density at radius 3 is 2.88 bits per heavy atom. The summed E-state index contributed by atoms with van der Waals surface area (Å²) < 4.78 is 7.13. The summed E-state index contributed by atoms with van der Waals surface area (Å²) in [7, 11) is 0. The van der Waals surface area contributed by atoms with Gasteiger partial charge in [0.15, 0.2) is 12.4 Å². The summed E-state index contributed by atoms with van der Waals surface area (Å²) in [6, 6.07) is 10.0. The van der Waals surface area contributed by atoms with Gasteiger partial charge < -0.3 is 4.74 Å². The summed E-state index contributed by atoms with van der Waals surface area (Å²) in [6.07, 6.45) is 2.99. The molecular weight excluding hydrogens is 304 g/mol. The molecule has 0 radical (unpaired) electrons. The molecule has 0 fully saturated rings. The van der Waals surface area contributed by atoms with Gasteiger partial charge in [0, 0.05) is 6.54 Å². The molecule has 0 saturated carbocycles. The van der Waals surface area contributed by atoms with Crippen molar-refractivity contribution in [3.8, 4) is 0 Å². The minimum absolute atomic E-state index is 0.0781. The molecule has 0 unspecified atom stereocenters. The van der Waals surface area contributed by atoms with Crippen LogP contribution in [0.15, 0.2) is 30.3 Å². The topological polar surface area (TPSA) is 69.9 Å². The standard InChI is InChI=1S/C18H18N4O2/c1-2-10-22-16(19-20-21-22)11-24-18(23)15-9-8-13-7-6-12-4-3-5-14(15)17(12)13/h3-5,8-9H,2,6-7,10-11H2,1H3. The molecular formula is C18H18N4O2. The van der Waals surface area contributed by atoms with Crippen LogP contribution in [0.1, 0.15) is 40.7 Å². The van der Waals surface area contributed by atoms with Gasteiger partial charge in [-0.05, 0) is 57.7 Å². The normalized spacial score (nSPS) is 12.7. The molecule has 1 aliphatic rings. The van der Waals surface area contributed by atoms with E-state index in [9.17, 15) is 4.79 Å². The van der Waals surface area contributed by atoms with Gasteiger partial charge in [-0.25, -0.2) is 9.48 Å². The van der Waals surface area contributed by atoms with Gasteiger partial charge in [-0.2, -0.15) is 0 Å². The molecule has 6 heteroatoms. The largest absolute Gasteiger partial charge is 0.454 e. The zero-order valence-corrected chi connectivity index (χ0v) is 13.5. The van der Waals surface area contributed by atoms with Crippen molar-refractivity contribution in [2.24, 2.45) is 0 Å². The van der Waals surface area contributed by atoms with Crippen molar-refractivity contribution in [1.82, 2.24) is 20.2 Å². The van der Waals surface area contributed by atoms with Crippen LogP contribution in [0.2, 0.25) is 0 Å². The van der Waals surface area contributed by atoms with Crippen LogP contribution < -0.4 is 0 Å². The first-order valence-corrected chi connectivity index (χ1v) is 8.23. The smallest absolute Gasteiger partial charge is 0.339 e. The minimum atomic E-state index is -0.336. The third-order valence-electron chi connectivity index (χ3n) is 4.47. The first-order chi connectivity index (χ1) is 11.8. The van der Waals surface area contributed by atoms with Crippen molar-refractivity contribution in [2.75, 3.05) is 0 Å². The number of esters is 1. The number of carbonyl (C=O) groups excluding carboxylic acids is 1. The summed E-state index contributed by atoms with van der Waals surface area (Å²) >= 11 is 0. The fourth-order valence-corrected chi connectivity index (χ4v) is 3.34. The van der Waals surface area contributed by atoms with E-state index in [1.54, 1.807) is 4.68 Å². The highest BCUT2D eigenvalue weighted by Crippen LogP contribution is 2.33. The van der Waals surface area contributed by atoms with Gasteiger partial charge in [0.05, 0.1) is 5.56 Å². The Bertz CT molecular complexity index is 906. The van der Waals surface area contributed by atoms with Crippen LogP contribution in [0.5, 0.6) is 0 Å². The predicted octanol–water partition coefficient (Wildman–Crippen LogP) is 2.69. The number of aromatic nitrogens is 4. The molecule has 122 valence electrons. The van der Waals surface area contributed by atoms with E-state index in [2.05, 4.69) is 21.6 Å². The summed E-state index contributed by atoms with van der Waals surface area (Å²) in [4.78, 5) is 12.6. The Labute approximate surface area is 139 Å². The Morgan fingerprint density at radius 2 is 2.04 bits per heavy atom. The number of ether oxygens (including phenoxy) is 1. The van der Waals surface area contributed by atoms with Gasteiger partial charge >= 0.3 is 5.97 Å². The Morgan fingerprint density at radius 1 is 1.21 bits per heavy atom. The zero-order chi connectivity index (χ0) is 16.5. The molecule has 1 heterocycles. The number of tetrazole rings is 1. The zero-order valence-electron chi connectivity index (χ0n) is 13.5. The molecule has 3 aromatic rings. The number of hydrogen-bond acceptors (Lipinski definition) is 5. The van der Waals surface area contributed by atoms with Crippen molar-refractivity contribution in [2.45, 2.75) is 39.3 Å². The third kappa shape index (κ3) is 2.44. The second-order valence-corrected chi connectivity index (χ2v) is 6.01. The van der Waals surface area contributed by atoms with Crippen LogP contribution >= 0.6 is 0 Å². The maximum Gasteiger partial charge on any atom is 0.339 e. The summed E-state index contributed by atoms with van der Waals surface area (Å²) in [5.74, 6) is 0.229. The van der Waals surface area contributed by atoms with Crippen LogP contribution in [0.25, 0.3) is 10.8 Å². The molecule has 6 nitrogen and oxygen atoms in total. The van der Waals surface area contributed by atoms with Crippen molar-refractivity contribution in [1.29, 1.82) is 0 Å². The van der Waals surface area contributed by atoms with Crippen molar-refractivity contribution in [3.63, 3.8) is 0 Å². The Kier molecular flexibility index (Phi) is 3.72. The summed E-state index contributed by atoms with van der Waals surface area (Å²) in [5.41, 5.74) is 3.22. The molecule has 0 atom stereocenters. The van der Waals surface area contributed by atoms with Gasteiger partial charge in [0.1, 0.15) is 0 Å². The van der Waals surface area contributed by atoms with Gasteiger partial charge in [-0.15, -0.1) is 5.10 Å². The number of hydrogen-bond donors (Lipinski definition) is 0. The highest BCUT2D eigenvalue weighted by molar-refractivity contribution is 6.07. The van der Waals surface area contributed by atoms with Crippen LogP contribution in [0, 0.1) is 0 Å². The second-order valence-electron chi connectivity index (χ2n) is 6.01. The SMILES string of the molecule is CCCn1nnnc1COC(=O)c1ccc2c3c(cccc13)CC2. The lowest BCUT2D eigenvalue weighted by atomic mass is 10.00. The average molecular weight is 322 g/mol. The van der Waals surface area contributed by atoms with E-state index in [4.69, 9.17) is 4.74 Å². The summed E-state index contributed by atoms with van der Waals surface area (Å²) in [5, 5.41) is 13.7. The first kappa shape index (κ1) is 14.8. The maximum atomic E-state index is 12.6. The Balaban J connectivity index is 1.59. The number of nitrogens with zero attached hydrogens (tertiary/aromatic N) is 4. The second kappa shape index (κ2) is 6.03. The lowest BCUT2D eigenvalue weighted by molar-refractivity contribution is 0.0459. The van der Waals surface area contributed by atoms with Crippen molar-refractivity contribution < 1.29 is 9.53 Å². The van der Waals surface area contributed by atoms with Crippen molar-refractivity contribution in [3.05, 3.63) is 52.8 Å². The molecule has 0 N–H and O–H groups in total. The molecule has 0 saturated heterocycles. The number of carbonyl (C=O) groups is 1. The monoisotopic (exact) mass is 322 g/mol. The van der Waals surface area contributed by atoms with E-state index in [-0.39, 0.29) is 12.6 Å². The van der Waals surface area contributed by atoms with E-state index in [1.807, 2.05) is 31.2 Å². The molecule has 0 spiro atoms. The van der Waals surface area contributed by atoms with Crippen LogP contribution in [0.3, 0.4) is 0 Å². The number of rotatable bonds is 5. The van der Waals surface area contributed by atoms with E-state index in [0.29, 0.717) is 17.9 Å². The summed E-state index contributed by atoms with van der Waals surface area (Å²) in [6.45, 7) is 2.83. The molecule has 1 aromatic heterocycles. The number of benzene rings is 2. The molecule has 4 rings (SSSR count). The lowest BCUT2D eigenvalue weighted by Crippen LogP contribution is -2.11. The van der Waals surface area contributed by atoms with Crippen LogP contribution in [0.4, 0.5) is 0 Å². The molecule has 2 aromatic carbocycles. The number of aryl methyl sites for hydroxylation is 3. The molecule has 0 amide bonds. The third-order valence-corrected chi connectivity index (χ3v) is 4.47. The minimum Gasteiger partial charge on any atom is -0.454 e. The van der Waals surface area contributed by atoms with Gasteiger partial charge in [0.25, 0.3) is 0 Å². The van der Waals surface area contributed by atoms with Gasteiger partial charge in [-0.3, -0.25) is 0 Å². The molecule has 1 aliphatic carbocycles. The highest BCUT2D eigenvalue weighted by atomic mass is 16.5. The highest BCUT2D eigenvalue weighted by Gasteiger charge is 2.20. The molecule has 24 heavy (non-hydrogen) atoms. The molecule has 0 bridgehead atoms. The van der Waals surface area contributed by atoms with E-state index >= 15 is 0 Å². The van der Waals surface area contributed by atoms with Crippen LogP contribution in [-0.2, 0) is 30.7 Å². The van der Waals surface area contributed by atoms with Crippen molar-refractivity contribution >= 4 is 16.7 Å². The fourth-order valence-electron chi connectivity index (χ4n) is 3.34. The molecule has 0 aliphatic heterocycles. The van der Waals surface area contributed by atoms with E-state index in [1.165, 1.54) is 16.5 Å². The Hall–Kier alpha value is -2.76. The van der Waals surface area contributed by atoms with Gasteiger partial charge in [0.2, 0.25) is 0 Å². The van der Waals surface area contributed by atoms with E-state index < -0.39 is 0 Å². The first-order valence-electron chi connectivity index (χ1n) is 8.23. The fraction of sp³-hybridized carbons (Fsp3) is 0.333. The van der Waals surface area contributed by atoms with Gasteiger partial charge in [-0.1, -0.05) is 31.2 Å². The average Bonchev–Trinajstić information content (AvgIpc) is 3.22. The maximum absolute atomic E-state index is 12.6.